The van der Waals surface area contributed by atoms with E-state index in [9.17, 15) is 4.39 Å². The first kappa shape index (κ1) is 13.7. The van der Waals surface area contributed by atoms with Crippen LogP contribution in [-0.4, -0.2) is 16.7 Å². The van der Waals surface area contributed by atoms with Gasteiger partial charge in [0.25, 0.3) is 0 Å². The van der Waals surface area contributed by atoms with Gasteiger partial charge >= 0.3 is 0 Å². The van der Waals surface area contributed by atoms with Crippen LogP contribution < -0.4 is 5.73 Å². The van der Waals surface area contributed by atoms with Crippen LogP contribution in [0, 0.1) is 11.7 Å². The SMILES string of the molecule is CC(C)CC(CN)c1nc(-c2ccc(F)cc2)no1. The van der Waals surface area contributed by atoms with Gasteiger partial charge in [0.05, 0.1) is 5.92 Å². The smallest absolute Gasteiger partial charge is 0.231 e. The molecule has 5 heteroatoms. The normalized spacial score (nSPS) is 12.9. The molecule has 2 rings (SSSR count). The molecule has 1 aromatic carbocycles. The minimum absolute atomic E-state index is 0.0710. The summed E-state index contributed by atoms with van der Waals surface area (Å²) < 4.78 is 18.1. The fraction of sp³-hybridized carbons (Fsp3) is 0.429. The highest BCUT2D eigenvalue weighted by Crippen LogP contribution is 2.24. The van der Waals surface area contributed by atoms with Crippen molar-refractivity contribution in [2.45, 2.75) is 26.2 Å². The predicted octanol–water partition coefficient (Wildman–Crippen LogP) is 2.96. The van der Waals surface area contributed by atoms with Gasteiger partial charge in [-0.1, -0.05) is 19.0 Å². The molecule has 19 heavy (non-hydrogen) atoms. The van der Waals surface area contributed by atoms with Crippen molar-refractivity contribution in [2.75, 3.05) is 6.54 Å². The average molecular weight is 263 g/mol. The molecule has 4 nitrogen and oxygen atoms in total. The molecule has 2 aromatic rings. The van der Waals surface area contributed by atoms with Crippen LogP contribution in [0.4, 0.5) is 4.39 Å². The zero-order chi connectivity index (χ0) is 13.8. The molecule has 0 aliphatic rings. The molecule has 0 spiro atoms. The third-order valence-corrected chi connectivity index (χ3v) is 2.93. The lowest BCUT2D eigenvalue weighted by Gasteiger charge is -2.11. The lowest BCUT2D eigenvalue weighted by atomic mass is 9.97. The fourth-order valence-electron chi connectivity index (χ4n) is 1.98. The van der Waals surface area contributed by atoms with Gasteiger partial charge in [-0.25, -0.2) is 4.39 Å². The van der Waals surface area contributed by atoms with Crippen molar-refractivity contribution in [1.82, 2.24) is 10.1 Å². The van der Waals surface area contributed by atoms with Crippen LogP contribution in [0.3, 0.4) is 0 Å². The maximum atomic E-state index is 12.9. The lowest BCUT2D eigenvalue weighted by molar-refractivity contribution is 0.335. The van der Waals surface area contributed by atoms with Crippen LogP contribution in [0.5, 0.6) is 0 Å². The Morgan fingerprint density at radius 1 is 1.26 bits per heavy atom. The second kappa shape index (κ2) is 5.93. The van der Waals surface area contributed by atoms with Crippen molar-refractivity contribution < 1.29 is 8.91 Å². The first-order valence-corrected chi connectivity index (χ1v) is 6.39. The van der Waals surface area contributed by atoms with Gasteiger partial charge in [-0.3, -0.25) is 0 Å². The summed E-state index contributed by atoms with van der Waals surface area (Å²) in [7, 11) is 0. The molecule has 0 saturated heterocycles. The first-order chi connectivity index (χ1) is 9.10. The van der Waals surface area contributed by atoms with E-state index in [1.807, 2.05) is 0 Å². The fourth-order valence-corrected chi connectivity index (χ4v) is 1.98. The third kappa shape index (κ3) is 3.38. The van der Waals surface area contributed by atoms with E-state index in [1.165, 1.54) is 12.1 Å². The van der Waals surface area contributed by atoms with Gasteiger partial charge in [-0.2, -0.15) is 4.98 Å². The van der Waals surface area contributed by atoms with E-state index in [0.29, 0.717) is 24.2 Å². The average Bonchev–Trinajstić information content (AvgIpc) is 2.86. The number of nitrogens with two attached hydrogens (primary N) is 1. The second-order valence-corrected chi connectivity index (χ2v) is 5.03. The number of hydrogen-bond donors (Lipinski definition) is 1. The quantitative estimate of drug-likeness (QED) is 0.900. The van der Waals surface area contributed by atoms with Crippen LogP contribution in [0.15, 0.2) is 28.8 Å². The van der Waals surface area contributed by atoms with E-state index in [4.69, 9.17) is 10.3 Å². The Labute approximate surface area is 111 Å². The molecular weight excluding hydrogens is 245 g/mol. The molecule has 0 saturated carbocycles. The Bertz CT molecular complexity index is 522. The molecule has 2 N–H and O–H groups in total. The molecule has 0 fully saturated rings. The Hall–Kier alpha value is -1.75. The minimum Gasteiger partial charge on any atom is -0.339 e. The van der Waals surface area contributed by atoms with Crippen molar-refractivity contribution in [3.63, 3.8) is 0 Å². The predicted molar refractivity (Wildman–Crippen MR) is 70.9 cm³/mol. The lowest BCUT2D eigenvalue weighted by Crippen LogP contribution is -2.15. The largest absolute Gasteiger partial charge is 0.339 e. The number of halogens is 1. The van der Waals surface area contributed by atoms with Crippen molar-refractivity contribution in [2.24, 2.45) is 11.7 Å². The van der Waals surface area contributed by atoms with Crippen LogP contribution >= 0.6 is 0 Å². The molecule has 1 aromatic heterocycles. The summed E-state index contributed by atoms with van der Waals surface area (Å²) in [4.78, 5) is 4.35. The highest BCUT2D eigenvalue weighted by atomic mass is 19.1. The Balaban J connectivity index is 2.20. The van der Waals surface area contributed by atoms with E-state index in [2.05, 4.69) is 24.0 Å². The van der Waals surface area contributed by atoms with Gasteiger partial charge in [0.2, 0.25) is 11.7 Å². The summed E-state index contributed by atoms with van der Waals surface area (Å²) in [5, 5.41) is 3.93. The van der Waals surface area contributed by atoms with Gasteiger partial charge in [-0.15, -0.1) is 0 Å². The summed E-state index contributed by atoms with van der Waals surface area (Å²) >= 11 is 0. The van der Waals surface area contributed by atoms with Gasteiger partial charge in [-0.05, 0) is 36.6 Å². The third-order valence-electron chi connectivity index (χ3n) is 2.93. The van der Waals surface area contributed by atoms with Gasteiger partial charge in [0.1, 0.15) is 5.82 Å². The molecular formula is C14H18FN3O. The van der Waals surface area contributed by atoms with E-state index in [1.54, 1.807) is 12.1 Å². The zero-order valence-electron chi connectivity index (χ0n) is 11.1. The molecule has 0 aliphatic carbocycles. The standard InChI is InChI=1S/C14H18FN3O/c1-9(2)7-11(8-16)14-17-13(18-19-14)10-3-5-12(15)6-4-10/h3-6,9,11H,7-8,16H2,1-2H3. The Morgan fingerprint density at radius 2 is 1.95 bits per heavy atom. The van der Waals surface area contributed by atoms with Gasteiger partial charge < -0.3 is 10.3 Å². The topological polar surface area (TPSA) is 64.9 Å². The summed E-state index contributed by atoms with van der Waals surface area (Å²) in [6, 6.07) is 6.01. The summed E-state index contributed by atoms with van der Waals surface area (Å²) in [5.74, 6) is 1.32. The van der Waals surface area contributed by atoms with E-state index in [0.717, 1.165) is 12.0 Å². The summed E-state index contributed by atoms with van der Waals surface area (Å²) in [6.45, 7) is 4.73. The van der Waals surface area contributed by atoms with Crippen molar-refractivity contribution in [3.05, 3.63) is 36.0 Å². The van der Waals surface area contributed by atoms with Crippen LogP contribution in [0.2, 0.25) is 0 Å². The Morgan fingerprint density at radius 3 is 2.53 bits per heavy atom. The number of hydrogen-bond acceptors (Lipinski definition) is 4. The summed E-state index contributed by atoms with van der Waals surface area (Å²) in [5.41, 5.74) is 6.48. The number of nitrogens with zero attached hydrogens (tertiary/aromatic N) is 2. The van der Waals surface area contributed by atoms with E-state index < -0.39 is 0 Å². The zero-order valence-corrected chi connectivity index (χ0v) is 11.1. The molecule has 1 unspecified atom stereocenters. The molecule has 0 aliphatic heterocycles. The highest BCUT2D eigenvalue weighted by molar-refractivity contribution is 5.53. The second-order valence-electron chi connectivity index (χ2n) is 5.03. The van der Waals surface area contributed by atoms with E-state index >= 15 is 0 Å². The minimum atomic E-state index is -0.285. The molecule has 1 heterocycles. The number of rotatable bonds is 5. The maximum Gasteiger partial charge on any atom is 0.231 e. The van der Waals surface area contributed by atoms with Crippen LogP contribution in [-0.2, 0) is 0 Å². The van der Waals surface area contributed by atoms with Crippen LogP contribution in [0.1, 0.15) is 32.1 Å². The van der Waals surface area contributed by atoms with Gasteiger partial charge in [0, 0.05) is 12.1 Å². The van der Waals surface area contributed by atoms with Gasteiger partial charge in [0.15, 0.2) is 0 Å². The Kier molecular flexibility index (Phi) is 4.27. The maximum absolute atomic E-state index is 12.9. The summed E-state index contributed by atoms with van der Waals surface area (Å²) in [6.07, 6.45) is 0.904. The van der Waals surface area contributed by atoms with Crippen molar-refractivity contribution in [3.8, 4) is 11.4 Å². The monoisotopic (exact) mass is 263 g/mol. The molecule has 1 atom stereocenters. The van der Waals surface area contributed by atoms with E-state index in [-0.39, 0.29) is 11.7 Å². The van der Waals surface area contributed by atoms with Crippen molar-refractivity contribution in [1.29, 1.82) is 0 Å². The molecule has 0 amide bonds. The number of benzene rings is 1. The number of aromatic nitrogens is 2. The molecule has 102 valence electrons. The van der Waals surface area contributed by atoms with Crippen molar-refractivity contribution >= 4 is 0 Å². The van der Waals surface area contributed by atoms with Crippen LogP contribution in [0.25, 0.3) is 11.4 Å². The molecule has 0 radical (unpaired) electrons. The highest BCUT2D eigenvalue weighted by Gasteiger charge is 2.19. The molecule has 0 bridgehead atoms. The first-order valence-electron chi connectivity index (χ1n) is 6.39.